The first-order valence-electron chi connectivity index (χ1n) is 12.1. The molecule has 12 nitrogen and oxygen atoms in total. The van der Waals surface area contributed by atoms with Gasteiger partial charge in [-0.1, -0.05) is 0 Å². The second kappa shape index (κ2) is 8.71. The van der Waals surface area contributed by atoms with Crippen LogP contribution in [0.15, 0.2) is 30.6 Å². The highest BCUT2D eigenvalue weighted by Gasteiger charge is 2.47. The summed E-state index contributed by atoms with van der Waals surface area (Å²) in [6, 6.07) is 5.62. The summed E-state index contributed by atoms with van der Waals surface area (Å²) in [6.07, 6.45) is 3.43. The van der Waals surface area contributed by atoms with Crippen molar-refractivity contribution in [2.45, 2.75) is 18.4 Å². The third-order valence-corrected chi connectivity index (χ3v) is 7.44. The normalized spacial score (nSPS) is 20.1. The molecular formula is C24H28N8O4. The summed E-state index contributed by atoms with van der Waals surface area (Å²) in [5.41, 5.74) is 1.38. The van der Waals surface area contributed by atoms with Gasteiger partial charge in [0.05, 0.1) is 24.0 Å². The molecule has 3 aromatic rings. The quantitative estimate of drug-likeness (QED) is 0.560. The lowest BCUT2D eigenvalue weighted by Gasteiger charge is -2.45. The van der Waals surface area contributed by atoms with E-state index in [9.17, 15) is 14.7 Å². The zero-order valence-corrected chi connectivity index (χ0v) is 20.1. The molecule has 0 unspecified atom stereocenters. The van der Waals surface area contributed by atoms with Gasteiger partial charge in [-0.25, -0.2) is 19.7 Å². The molecule has 0 atom stereocenters. The van der Waals surface area contributed by atoms with Crippen molar-refractivity contribution in [1.82, 2.24) is 29.3 Å². The number of carboxylic acid groups (broad SMARTS) is 1. The highest BCUT2D eigenvalue weighted by atomic mass is 16.5. The van der Waals surface area contributed by atoms with Crippen LogP contribution < -0.4 is 10.2 Å². The molecule has 0 aliphatic carbocycles. The first kappa shape index (κ1) is 22.7. The summed E-state index contributed by atoms with van der Waals surface area (Å²) in [4.78, 5) is 44.1. The number of likely N-dealkylation sites (N-methyl/N-ethyl adjacent to an activating group) is 1. The van der Waals surface area contributed by atoms with Crippen LogP contribution in [0.25, 0.3) is 11.0 Å². The molecule has 2 N–H and O–H groups in total. The number of pyridine rings is 1. The molecule has 0 bridgehead atoms. The molecular weight excluding hydrogens is 464 g/mol. The minimum Gasteiger partial charge on any atom is -0.465 e. The molecule has 1 spiro atoms. The third kappa shape index (κ3) is 3.82. The molecule has 2 amide bonds. The van der Waals surface area contributed by atoms with Gasteiger partial charge < -0.3 is 29.5 Å². The average molecular weight is 493 g/mol. The minimum absolute atomic E-state index is 0.0728. The molecule has 3 aliphatic rings. The van der Waals surface area contributed by atoms with Crippen molar-refractivity contribution < 1.29 is 19.4 Å². The Balaban J connectivity index is 1.31. The molecule has 12 heteroatoms. The van der Waals surface area contributed by atoms with Crippen molar-refractivity contribution in [2.24, 2.45) is 0 Å². The van der Waals surface area contributed by atoms with Gasteiger partial charge in [-0.3, -0.25) is 4.79 Å². The maximum Gasteiger partial charge on any atom is 0.414 e. The van der Waals surface area contributed by atoms with Gasteiger partial charge in [-0.05, 0) is 38.1 Å². The fourth-order valence-corrected chi connectivity index (χ4v) is 5.38. The summed E-state index contributed by atoms with van der Waals surface area (Å²) < 4.78 is 7.47. The Morgan fingerprint density at radius 1 is 1.11 bits per heavy atom. The van der Waals surface area contributed by atoms with Crippen molar-refractivity contribution >= 4 is 40.5 Å². The summed E-state index contributed by atoms with van der Waals surface area (Å²) in [6.45, 7) is 5.03. The predicted molar refractivity (Wildman–Crippen MR) is 132 cm³/mol. The van der Waals surface area contributed by atoms with Crippen LogP contribution in [0.4, 0.5) is 22.2 Å². The Labute approximate surface area is 207 Å². The molecule has 36 heavy (non-hydrogen) atoms. The van der Waals surface area contributed by atoms with Crippen molar-refractivity contribution in [3.8, 4) is 0 Å². The zero-order valence-electron chi connectivity index (χ0n) is 20.1. The SMILES string of the molecule is CN1CCN(c2ccc(Nc3ncc4cc5n(c4n3)C3(CCOCC3)CN(C(=O)O)C5=O)nc2)CC1. The van der Waals surface area contributed by atoms with Crippen LogP contribution in [-0.2, 0) is 10.3 Å². The van der Waals surface area contributed by atoms with Crippen LogP contribution in [0.2, 0.25) is 0 Å². The smallest absolute Gasteiger partial charge is 0.414 e. The summed E-state index contributed by atoms with van der Waals surface area (Å²) in [5.74, 6) is 0.429. The van der Waals surface area contributed by atoms with Gasteiger partial charge in [0.2, 0.25) is 5.95 Å². The zero-order chi connectivity index (χ0) is 24.9. The van der Waals surface area contributed by atoms with E-state index < -0.39 is 17.5 Å². The number of carbonyl (C=O) groups excluding carboxylic acids is 1. The van der Waals surface area contributed by atoms with Gasteiger partial charge >= 0.3 is 6.09 Å². The number of piperazine rings is 1. The first-order valence-corrected chi connectivity index (χ1v) is 12.1. The molecule has 0 saturated carbocycles. The van der Waals surface area contributed by atoms with Gasteiger partial charge in [0.15, 0.2) is 0 Å². The van der Waals surface area contributed by atoms with E-state index in [1.165, 1.54) is 0 Å². The van der Waals surface area contributed by atoms with E-state index in [0.717, 1.165) is 36.8 Å². The monoisotopic (exact) mass is 492 g/mol. The summed E-state index contributed by atoms with van der Waals surface area (Å²) in [7, 11) is 2.13. The van der Waals surface area contributed by atoms with E-state index in [1.54, 1.807) is 12.3 Å². The van der Waals surface area contributed by atoms with E-state index in [-0.39, 0.29) is 6.54 Å². The Morgan fingerprint density at radius 3 is 2.58 bits per heavy atom. The molecule has 2 saturated heterocycles. The third-order valence-electron chi connectivity index (χ3n) is 7.44. The van der Waals surface area contributed by atoms with Crippen molar-refractivity contribution in [3.05, 3.63) is 36.3 Å². The fourth-order valence-electron chi connectivity index (χ4n) is 5.38. The van der Waals surface area contributed by atoms with Crippen LogP contribution in [0.3, 0.4) is 0 Å². The van der Waals surface area contributed by atoms with Gasteiger partial charge in [0.25, 0.3) is 5.91 Å². The standard InChI is InChI=1S/C24H28N8O4/c1-29-6-8-30(9-7-29)17-2-3-19(25-14-17)27-22-26-13-16-12-18-21(33)31(23(34)35)15-24(4-10-36-11-5-24)32(18)20(16)28-22/h2-3,12-14H,4-11,15H2,1H3,(H,34,35)(H,25,26,27,28). The van der Waals surface area contributed by atoms with Crippen LogP contribution >= 0.6 is 0 Å². The summed E-state index contributed by atoms with van der Waals surface area (Å²) in [5, 5.41) is 13.5. The fraction of sp³-hybridized carbons (Fsp3) is 0.458. The van der Waals surface area contributed by atoms with Crippen molar-refractivity contribution in [2.75, 3.05) is 63.2 Å². The number of nitrogens with zero attached hydrogens (tertiary/aromatic N) is 7. The maximum atomic E-state index is 13.0. The van der Waals surface area contributed by atoms with Gasteiger partial charge in [-0.2, -0.15) is 4.98 Å². The minimum atomic E-state index is -1.25. The van der Waals surface area contributed by atoms with E-state index >= 15 is 0 Å². The van der Waals surface area contributed by atoms with Gasteiger partial charge in [0, 0.05) is 51.0 Å². The molecule has 6 heterocycles. The molecule has 6 rings (SSSR count). The number of hydrogen-bond donors (Lipinski definition) is 2. The first-order chi connectivity index (χ1) is 17.4. The van der Waals surface area contributed by atoms with E-state index in [4.69, 9.17) is 9.72 Å². The summed E-state index contributed by atoms with van der Waals surface area (Å²) >= 11 is 0. The number of amides is 2. The molecule has 0 radical (unpaired) electrons. The van der Waals surface area contributed by atoms with Crippen molar-refractivity contribution in [3.63, 3.8) is 0 Å². The van der Waals surface area contributed by atoms with Gasteiger partial charge in [0.1, 0.15) is 17.2 Å². The van der Waals surface area contributed by atoms with Crippen LogP contribution in [-0.4, -0.2) is 99.4 Å². The molecule has 0 aromatic carbocycles. The van der Waals surface area contributed by atoms with Crippen LogP contribution in [0.1, 0.15) is 23.3 Å². The number of hydrogen-bond acceptors (Lipinski definition) is 9. The van der Waals surface area contributed by atoms with E-state index in [0.29, 0.717) is 54.5 Å². The Kier molecular flexibility index (Phi) is 5.49. The Morgan fingerprint density at radius 2 is 1.89 bits per heavy atom. The predicted octanol–water partition coefficient (Wildman–Crippen LogP) is 1.96. The van der Waals surface area contributed by atoms with E-state index in [1.807, 2.05) is 22.9 Å². The van der Waals surface area contributed by atoms with E-state index in [2.05, 4.69) is 32.1 Å². The second-order valence-electron chi connectivity index (χ2n) is 9.67. The Bertz CT molecular complexity index is 1310. The van der Waals surface area contributed by atoms with Gasteiger partial charge in [-0.15, -0.1) is 0 Å². The van der Waals surface area contributed by atoms with Crippen LogP contribution in [0, 0.1) is 0 Å². The number of rotatable bonds is 3. The number of anilines is 3. The Hall–Kier alpha value is -3.77. The molecule has 3 aromatic heterocycles. The molecule has 3 aliphatic heterocycles. The lowest BCUT2D eigenvalue weighted by atomic mass is 9.87. The number of nitrogens with one attached hydrogen (secondary N) is 1. The highest BCUT2D eigenvalue weighted by Crippen LogP contribution is 2.39. The number of carbonyl (C=O) groups is 2. The number of fused-ring (bicyclic) bond motifs is 4. The average Bonchev–Trinajstić information content (AvgIpc) is 3.28. The number of imide groups is 1. The number of ether oxygens (including phenoxy) is 1. The molecule has 188 valence electrons. The highest BCUT2D eigenvalue weighted by molar-refractivity contribution is 6.05. The second-order valence-corrected chi connectivity index (χ2v) is 9.67. The lowest BCUT2D eigenvalue weighted by Crippen LogP contribution is -2.57. The molecule has 2 fully saturated rings. The topological polar surface area (TPSA) is 129 Å². The van der Waals surface area contributed by atoms with Crippen molar-refractivity contribution in [1.29, 1.82) is 0 Å². The largest absolute Gasteiger partial charge is 0.465 e. The maximum absolute atomic E-state index is 13.0. The van der Waals surface area contributed by atoms with Crippen LogP contribution in [0.5, 0.6) is 0 Å². The lowest BCUT2D eigenvalue weighted by molar-refractivity contribution is -0.00291. The number of aromatic nitrogens is 4.